The average molecular weight is 458 g/mol. The second-order valence-corrected chi connectivity index (χ2v) is 9.26. The molecular formula is C36H24. The Hall–Kier alpha value is -4.68. The summed E-state index contributed by atoms with van der Waals surface area (Å²) in [6, 6.07) is 50.0. The lowest BCUT2D eigenvalue weighted by Crippen LogP contribution is -1.90. The number of rotatable bonds is 3. The lowest BCUT2D eigenvalue weighted by atomic mass is 9.86. The maximum Gasteiger partial charge on any atom is 0.0629 e. The molecule has 0 aromatic heterocycles. The zero-order chi connectivity index (χ0) is 24.8. The first-order chi connectivity index (χ1) is 18.3. The van der Waals surface area contributed by atoms with Crippen LogP contribution in [-0.4, -0.2) is 0 Å². The van der Waals surface area contributed by atoms with Gasteiger partial charge < -0.3 is 0 Å². The van der Waals surface area contributed by atoms with E-state index in [9.17, 15) is 0 Å². The highest BCUT2D eigenvalue weighted by atomic mass is 14.2. The van der Waals surface area contributed by atoms with E-state index in [1.807, 2.05) is 12.1 Å². The monoisotopic (exact) mass is 457 g/mol. The van der Waals surface area contributed by atoms with E-state index in [1.54, 1.807) is 0 Å². The smallest absolute Gasteiger partial charge is 0.0622 e. The Morgan fingerprint density at radius 3 is 1.42 bits per heavy atom. The highest BCUT2D eigenvalue weighted by Gasteiger charge is 2.16. The van der Waals surface area contributed by atoms with Crippen LogP contribution in [0.3, 0.4) is 0 Å². The first kappa shape index (κ1) is 19.6. The summed E-state index contributed by atoms with van der Waals surface area (Å²) in [5.41, 5.74) is 7.36. The Morgan fingerprint density at radius 2 is 0.806 bits per heavy atom. The highest BCUT2D eigenvalue weighted by Crippen LogP contribution is 2.43. The maximum absolute atomic E-state index is 8.16. The number of fused-ring (bicyclic) bond motifs is 3. The summed E-state index contributed by atoms with van der Waals surface area (Å²) in [4.78, 5) is 0. The van der Waals surface area contributed by atoms with Crippen molar-refractivity contribution in [3.8, 4) is 33.4 Å². The molecular weight excluding hydrogens is 432 g/mol. The Balaban J connectivity index is 1.43. The van der Waals surface area contributed by atoms with Crippen LogP contribution in [0.15, 0.2) is 146 Å². The topological polar surface area (TPSA) is 0 Å². The molecule has 0 saturated carbocycles. The van der Waals surface area contributed by atoms with Gasteiger partial charge in [0.05, 0.1) is 1.37 Å². The molecule has 36 heavy (non-hydrogen) atoms. The Kier molecular flexibility index (Phi) is 4.64. The number of hydrogen-bond donors (Lipinski definition) is 0. The summed E-state index contributed by atoms with van der Waals surface area (Å²) in [7, 11) is 0. The molecule has 0 saturated heterocycles. The van der Waals surface area contributed by atoms with E-state index in [2.05, 4.69) is 127 Å². The fraction of sp³-hybridized carbons (Fsp3) is 0. The maximum atomic E-state index is 8.16. The van der Waals surface area contributed by atoms with Crippen molar-refractivity contribution in [2.75, 3.05) is 0 Å². The molecule has 0 atom stereocenters. The van der Waals surface area contributed by atoms with Crippen molar-refractivity contribution in [1.82, 2.24) is 0 Å². The molecule has 7 aromatic carbocycles. The van der Waals surface area contributed by atoms with Crippen LogP contribution in [0.4, 0.5) is 0 Å². The van der Waals surface area contributed by atoms with Crippen molar-refractivity contribution in [2.45, 2.75) is 0 Å². The fourth-order valence-electron chi connectivity index (χ4n) is 5.49. The normalized spacial score (nSPS) is 11.7. The second-order valence-electron chi connectivity index (χ2n) is 9.26. The van der Waals surface area contributed by atoms with E-state index in [1.165, 1.54) is 54.9 Å². The molecule has 7 rings (SSSR count). The van der Waals surface area contributed by atoms with Gasteiger partial charge in [0.15, 0.2) is 0 Å². The summed E-state index contributed by atoms with van der Waals surface area (Å²) in [6.45, 7) is 0. The predicted molar refractivity (Wildman–Crippen MR) is 155 cm³/mol. The third-order valence-electron chi connectivity index (χ3n) is 7.16. The molecule has 0 fully saturated rings. The van der Waals surface area contributed by atoms with E-state index in [4.69, 9.17) is 1.37 Å². The Morgan fingerprint density at radius 1 is 0.333 bits per heavy atom. The quantitative estimate of drug-likeness (QED) is 0.232. The molecule has 0 radical (unpaired) electrons. The van der Waals surface area contributed by atoms with Crippen molar-refractivity contribution in [1.29, 1.82) is 0 Å². The minimum Gasteiger partial charge on any atom is -0.0622 e. The molecule has 0 bridgehead atoms. The van der Waals surface area contributed by atoms with E-state index < -0.39 is 0 Å². The van der Waals surface area contributed by atoms with Gasteiger partial charge in [0.1, 0.15) is 0 Å². The Bertz CT molecular complexity index is 1860. The van der Waals surface area contributed by atoms with E-state index >= 15 is 0 Å². The largest absolute Gasteiger partial charge is 0.0629 e. The van der Waals surface area contributed by atoms with Gasteiger partial charge in [-0.3, -0.25) is 0 Å². The van der Waals surface area contributed by atoms with Crippen molar-refractivity contribution >= 4 is 32.3 Å². The molecule has 0 unspecified atom stereocenters. The van der Waals surface area contributed by atoms with Crippen LogP contribution in [0.25, 0.3) is 65.7 Å². The zero-order valence-electron chi connectivity index (χ0n) is 20.8. The second kappa shape index (κ2) is 8.52. The van der Waals surface area contributed by atoms with Gasteiger partial charge in [-0.2, -0.15) is 0 Å². The molecule has 0 spiro atoms. The molecule has 0 heterocycles. The van der Waals surface area contributed by atoms with Crippen LogP contribution in [-0.2, 0) is 0 Å². The molecule has 0 N–H and O–H groups in total. The standard InChI is InChI=1S/C36H24/c1-2-11-27(12-3-1)35-31-14-6-8-16-33(31)36(34-17-9-7-15-32(34)35)28-21-18-26(19-22-28)30-23-20-25-10-4-5-13-29(25)24-30/h1-24H/i10D. The SMILES string of the molecule is [2H]c1cccc2cc(-c3ccc(-c4c5ccccc5c(-c5ccccc5)c5ccccc45)cc3)ccc12. The summed E-state index contributed by atoms with van der Waals surface area (Å²) in [6.07, 6.45) is 0. The summed E-state index contributed by atoms with van der Waals surface area (Å²) >= 11 is 0. The average Bonchev–Trinajstić information content (AvgIpc) is 2.96. The van der Waals surface area contributed by atoms with E-state index in [0.29, 0.717) is 6.04 Å². The predicted octanol–water partition coefficient (Wildman–Crippen LogP) is 10.1. The summed E-state index contributed by atoms with van der Waals surface area (Å²) in [5, 5.41) is 7.16. The van der Waals surface area contributed by atoms with Gasteiger partial charge in [0.25, 0.3) is 0 Å². The molecule has 0 heteroatoms. The van der Waals surface area contributed by atoms with Gasteiger partial charge in [0, 0.05) is 0 Å². The zero-order valence-corrected chi connectivity index (χ0v) is 19.8. The molecule has 0 aliphatic heterocycles. The van der Waals surface area contributed by atoms with Crippen LogP contribution >= 0.6 is 0 Å². The van der Waals surface area contributed by atoms with Gasteiger partial charge >= 0.3 is 0 Å². The summed E-state index contributed by atoms with van der Waals surface area (Å²) < 4.78 is 8.16. The van der Waals surface area contributed by atoms with Gasteiger partial charge in [-0.05, 0) is 71.8 Å². The van der Waals surface area contributed by atoms with Gasteiger partial charge in [-0.15, -0.1) is 0 Å². The third kappa shape index (κ3) is 3.39. The minimum absolute atomic E-state index is 0.567. The molecule has 0 aliphatic rings. The third-order valence-corrected chi connectivity index (χ3v) is 7.16. The van der Waals surface area contributed by atoms with Crippen molar-refractivity contribution in [3.05, 3.63) is 146 Å². The number of hydrogen-bond acceptors (Lipinski definition) is 0. The van der Waals surface area contributed by atoms with Gasteiger partial charge in [-0.25, -0.2) is 0 Å². The number of benzene rings is 7. The van der Waals surface area contributed by atoms with Crippen molar-refractivity contribution < 1.29 is 1.37 Å². The van der Waals surface area contributed by atoms with Crippen LogP contribution in [0.5, 0.6) is 0 Å². The first-order valence-corrected chi connectivity index (χ1v) is 12.4. The van der Waals surface area contributed by atoms with Crippen LogP contribution < -0.4 is 0 Å². The Labute approximate surface area is 212 Å². The highest BCUT2D eigenvalue weighted by molar-refractivity contribution is 6.21. The summed E-state index contributed by atoms with van der Waals surface area (Å²) in [5.74, 6) is 0. The van der Waals surface area contributed by atoms with E-state index in [0.717, 1.165) is 10.8 Å². The van der Waals surface area contributed by atoms with E-state index in [-0.39, 0.29) is 0 Å². The van der Waals surface area contributed by atoms with Crippen molar-refractivity contribution in [2.24, 2.45) is 0 Å². The van der Waals surface area contributed by atoms with Crippen LogP contribution in [0, 0.1) is 0 Å². The van der Waals surface area contributed by atoms with Gasteiger partial charge in [0.2, 0.25) is 0 Å². The fourth-order valence-corrected chi connectivity index (χ4v) is 5.49. The van der Waals surface area contributed by atoms with Crippen LogP contribution in [0.1, 0.15) is 1.37 Å². The molecule has 0 aliphatic carbocycles. The minimum atomic E-state index is 0.567. The lowest BCUT2D eigenvalue weighted by molar-refractivity contribution is 1.62. The molecule has 0 nitrogen and oxygen atoms in total. The van der Waals surface area contributed by atoms with Gasteiger partial charge in [-0.1, -0.05) is 140 Å². The molecule has 168 valence electrons. The molecule has 0 amide bonds. The lowest BCUT2D eigenvalue weighted by Gasteiger charge is -2.18. The van der Waals surface area contributed by atoms with Crippen LogP contribution in [0.2, 0.25) is 0 Å². The van der Waals surface area contributed by atoms with Crippen molar-refractivity contribution in [3.63, 3.8) is 0 Å². The first-order valence-electron chi connectivity index (χ1n) is 12.9. The molecule has 7 aromatic rings.